The summed E-state index contributed by atoms with van der Waals surface area (Å²) in [6.07, 6.45) is 5.40. The average Bonchev–Trinajstić information content (AvgIpc) is 3.27. The van der Waals surface area contributed by atoms with Gasteiger partial charge in [0.25, 0.3) is 0 Å². The summed E-state index contributed by atoms with van der Waals surface area (Å²) in [5.41, 5.74) is 1.03. The second-order valence-corrected chi connectivity index (χ2v) is 6.17. The Balaban J connectivity index is 2.10. The molecule has 0 atom stereocenters. The van der Waals surface area contributed by atoms with Crippen LogP contribution in [0.4, 0.5) is 5.88 Å². The molecule has 10 heteroatoms. The summed E-state index contributed by atoms with van der Waals surface area (Å²) < 4.78 is 11.9. The van der Waals surface area contributed by atoms with E-state index in [0.717, 1.165) is 17.4 Å². The summed E-state index contributed by atoms with van der Waals surface area (Å²) in [5.74, 6) is 0.385. The SMILES string of the molecule is C#CCn1c(=NC(=O)c2ccc([N+](=O)[O-])o2)sc2cc(C(=O)OC)ccc21. The highest BCUT2D eigenvalue weighted by Crippen LogP contribution is 2.20. The fourth-order valence-electron chi connectivity index (χ4n) is 2.33. The fraction of sp³-hybridized carbons (Fsp3) is 0.118. The molecule has 2 heterocycles. The highest BCUT2D eigenvalue weighted by Gasteiger charge is 2.18. The zero-order valence-electron chi connectivity index (χ0n) is 13.9. The minimum Gasteiger partial charge on any atom is -0.465 e. The molecule has 0 fully saturated rings. The van der Waals surface area contributed by atoms with Crippen molar-refractivity contribution in [2.24, 2.45) is 4.99 Å². The van der Waals surface area contributed by atoms with Crippen LogP contribution in [0.25, 0.3) is 10.2 Å². The maximum Gasteiger partial charge on any atom is 0.433 e. The Bertz CT molecular complexity index is 1180. The minimum absolute atomic E-state index is 0.141. The lowest BCUT2D eigenvalue weighted by atomic mass is 10.2. The number of terminal acetylenes is 1. The molecule has 9 nitrogen and oxygen atoms in total. The van der Waals surface area contributed by atoms with Gasteiger partial charge in [-0.1, -0.05) is 17.3 Å². The number of carbonyl (C=O) groups is 2. The first-order valence-electron chi connectivity index (χ1n) is 7.43. The Kier molecular flexibility index (Phi) is 4.87. The van der Waals surface area contributed by atoms with Crippen molar-refractivity contribution in [2.75, 3.05) is 7.11 Å². The standard InChI is InChI=1S/C17H11N3O6S/c1-3-8-19-11-5-4-10(16(22)25-2)9-13(11)27-17(19)18-15(21)12-6-7-14(26-12)20(23)24/h1,4-7,9H,8H2,2H3. The van der Waals surface area contributed by atoms with E-state index < -0.39 is 22.7 Å². The molecule has 27 heavy (non-hydrogen) atoms. The van der Waals surface area contributed by atoms with Crippen molar-refractivity contribution in [1.82, 2.24) is 4.57 Å². The average molecular weight is 385 g/mol. The topological polar surface area (TPSA) is 117 Å². The Morgan fingerprint density at radius 1 is 1.41 bits per heavy atom. The number of furan rings is 1. The number of benzene rings is 1. The maximum atomic E-state index is 12.3. The quantitative estimate of drug-likeness (QED) is 0.294. The van der Waals surface area contributed by atoms with E-state index in [1.807, 2.05) is 0 Å². The monoisotopic (exact) mass is 385 g/mol. The van der Waals surface area contributed by atoms with E-state index in [0.29, 0.717) is 15.8 Å². The third-order valence-corrected chi connectivity index (χ3v) is 4.57. The maximum absolute atomic E-state index is 12.3. The number of nitrogens with zero attached hydrogens (tertiary/aromatic N) is 3. The minimum atomic E-state index is -0.784. The van der Waals surface area contributed by atoms with Crippen LogP contribution < -0.4 is 4.80 Å². The number of amides is 1. The molecule has 0 aliphatic carbocycles. The van der Waals surface area contributed by atoms with E-state index in [4.69, 9.17) is 15.6 Å². The first kappa shape index (κ1) is 18.1. The van der Waals surface area contributed by atoms with Gasteiger partial charge in [-0.2, -0.15) is 4.99 Å². The number of hydrogen-bond acceptors (Lipinski definition) is 7. The number of hydrogen-bond donors (Lipinski definition) is 0. The van der Waals surface area contributed by atoms with Gasteiger partial charge < -0.3 is 13.7 Å². The Hall–Kier alpha value is -3.71. The van der Waals surface area contributed by atoms with Crippen LogP contribution in [0.5, 0.6) is 0 Å². The van der Waals surface area contributed by atoms with Crippen LogP contribution in [0.2, 0.25) is 0 Å². The molecule has 0 spiro atoms. The molecule has 0 aliphatic rings. The number of aromatic nitrogens is 1. The van der Waals surface area contributed by atoms with Crippen molar-refractivity contribution in [3.05, 3.63) is 56.6 Å². The van der Waals surface area contributed by atoms with Crippen molar-refractivity contribution in [2.45, 2.75) is 6.54 Å². The van der Waals surface area contributed by atoms with E-state index in [1.165, 1.54) is 13.2 Å². The van der Waals surface area contributed by atoms with Crippen LogP contribution in [0.3, 0.4) is 0 Å². The molecule has 136 valence electrons. The van der Waals surface area contributed by atoms with E-state index in [-0.39, 0.29) is 17.1 Å². The number of rotatable bonds is 4. The second-order valence-electron chi connectivity index (χ2n) is 5.16. The first-order valence-corrected chi connectivity index (χ1v) is 8.24. The normalized spacial score (nSPS) is 11.3. The number of esters is 1. The van der Waals surface area contributed by atoms with Gasteiger partial charge in [0, 0.05) is 0 Å². The summed E-state index contributed by atoms with van der Waals surface area (Å²) in [7, 11) is 1.28. The zero-order valence-corrected chi connectivity index (χ0v) is 14.7. The lowest BCUT2D eigenvalue weighted by molar-refractivity contribution is -0.402. The summed E-state index contributed by atoms with van der Waals surface area (Å²) in [4.78, 5) is 38.1. The third-order valence-electron chi connectivity index (χ3n) is 3.53. The molecule has 0 aliphatic heterocycles. The van der Waals surface area contributed by atoms with Crippen molar-refractivity contribution >= 4 is 39.3 Å². The molecule has 2 aromatic heterocycles. The highest BCUT2D eigenvalue weighted by atomic mass is 32.1. The summed E-state index contributed by atoms with van der Waals surface area (Å²) >= 11 is 1.14. The Labute approximate surface area is 155 Å². The molecular weight excluding hydrogens is 374 g/mol. The molecule has 0 N–H and O–H groups in total. The molecular formula is C17H11N3O6S. The van der Waals surface area contributed by atoms with Gasteiger partial charge in [-0.3, -0.25) is 14.9 Å². The smallest absolute Gasteiger partial charge is 0.433 e. The Morgan fingerprint density at radius 3 is 2.81 bits per heavy atom. The van der Waals surface area contributed by atoms with E-state index >= 15 is 0 Å². The van der Waals surface area contributed by atoms with Gasteiger partial charge in [0.15, 0.2) is 4.80 Å². The van der Waals surface area contributed by atoms with Crippen molar-refractivity contribution < 1.29 is 23.7 Å². The van der Waals surface area contributed by atoms with Gasteiger partial charge in [0.2, 0.25) is 5.76 Å². The summed E-state index contributed by atoms with van der Waals surface area (Å²) in [6, 6.07) is 7.12. The molecule has 1 amide bonds. The van der Waals surface area contributed by atoms with Crippen molar-refractivity contribution in [3.8, 4) is 12.3 Å². The van der Waals surface area contributed by atoms with E-state index in [9.17, 15) is 19.7 Å². The van der Waals surface area contributed by atoms with Crippen LogP contribution >= 0.6 is 11.3 Å². The lowest BCUT2D eigenvalue weighted by Gasteiger charge is -2.01. The molecule has 0 bridgehead atoms. The predicted octanol–water partition coefficient (Wildman–Crippen LogP) is 2.36. The van der Waals surface area contributed by atoms with Crippen molar-refractivity contribution in [3.63, 3.8) is 0 Å². The van der Waals surface area contributed by atoms with Gasteiger partial charge in [0.1, 0.15) is 4.92 Å². The lowest BCUT2D eigenvalue weighted by Crippen LogP contribution is -2.16. The van der Waals surface area contributed by atoms with E-state index in [1.54, 1.807) is 22.8 Å². The van der Waals surface area contributed by atoms with Crippen LogP contribution in [0.1, 0.15) is 20.9 Å². The van der Waals surface area contributed by atoms with Crippen LogP contribution in [-0.4, -0.2) is 28.5 Å². The third kappa shape index (κ3) is 3.49. The number of methoxy groups -OCH3 is 1. The number of fused-ring (bicyclic) bond motifs is 1. The largest absolute Gasteiger partial charge is 0.465 e. The van der Waals surface area contributed by atoms with Gasteiger partial charge in [-0.15, -0.1) is 6.42 Å². The van der Waals surface area contributed by atoms with Gasteiger partial charge >= 0.3 is 17.8 Å². The fourth-order valence-corrected chi connectivity index (χ4v) is 3.40. The molecule has 1 aromatic carbocycles. The Morgan fingerprint density at radius 2 is 2.19 bits per heavy atom. The molecule has 0 saturated carbocycles. The second kappa shape index (κ2) is 7.27. The number of ether oxygens (including phenoxy) is 1. The van der Waals surface area contributed by atoms with Crippen LogP contribution in [-0.2, 0) is 11.3 Å². The first-order chi connectivity index (χ1) is 12.9. The van der Waals surface area contributed by atoms with Gasteiger partial charge in [0.05, 0.1) is 35.5 Å². The molecule has 0 radical (unpaired) electrons. The van der Waals surface area contributed by atoms with E-state index in [2.05, 4.69) is 10.9 Å². The van der Waals surface area contributed by atoms with Crippen LogP contribution in [0, 0.1) is 22.5 Å². The van der Waals surface area contributed by atoms with Gasteiger partial charge in [-0.05, 0) is 24.3 Å². The predicted molar refractivity (Wildman–Crippen MR) is 95.2 cm³/mol. The van der Waals surface area contributed by atoms with Crippen LogP contribution in [0.15, 0.2) is 39.7 Å². The van der Waals surface area contributed by atoms with Crippen molar-refractivity contribution in [1.29, 1.82) is 0 Å². The summed E-state index contributed by atoms with van der Waals surface area (Å²) in [6.45, 7) is 0.141. The molecule has 0 unspecified atom stereocenters. The number of nitro groups is 1. The number of carbonyl (C=O) groups excluding carboxylic acids is 2. The zero-order chi connectivity index (χ0) is 19.6. The molecule has 3 aromatic rings. The summed E-state index contributed by atoms with van der Waals surface area (Å²) in [5, 5.41) is 10.7. The number of thiazole rings is 1. The van der Waals surface area contributed by atoms with Gasteiger partial charge in [-0.25, -0.2) is 4.79 Å². The molecule has 0 saturated heterocycles. The highest BCUT2D eigenvalue weighted by molar-refractivity contribution is 7.16. The molecule has 3 rings (SSSR count).